The van der Waals surface area contributed by atoms with E-state index in [0.717, 1.165) is 5.92 Å². The minimum absolute atomic E-state index is 0.806. The molecule has 1 aliphatic carbocycles. The van der Waals surface area contributed by atoms with Gasteiger partial charge in [-0.2, -0.15) is 0 Å². The Morgan fingerprint density at radius 1 is 1.86 bits per heavy atom. The summed E-state index contributed by atoms with van der Waals surface area (Å²) in [5, 5.41) is 0. The van der Waals surface area contributed by atoms with Gasteiger partial charge in [0.25, 0.3) is 0 Å². The first kappa shape index (κ1) is 4.67. The summed E-state index contributed by atoms with van der Waals surface area (Å²) in [6, 6.07) is 0. The second-order valence-electron chi connectivity index (χ2n) is 1.94. The minimum atomic E-state index is 0.806. The molecule has 0 bridgehead atoms. The van der Waals surface area contributed by atoms with E-state index in [1.807, 2.05) is 0 Å². The van der Waals surface area contributed by atoms with E-state index in [-0.39, 0.29) is 0 Å². The van der Waals surface area contributed by atoms with Gasteiger partial charge in [-0.1, -0.05) is 6.92 Å². The van der Waals surface area contributed by atoms with Crippen LogP contribution in [0.4, 0.5) is 0 Å². The third-order valence-electron chi connectivity index (χ3n) is 1.39. The van der Waals surface area contributed by atoms with Crippen LogP contribution in [0.3, 0.4) is 0 Å². The van der Waals surface area contributed by atoms with E-state index in [9.17, 15) is 0 Å². The van der Waals surface area contributed by atoms with Crippen LogP contribution in [0.25, 0.3) is 0 Å². The molecule has 38 valence electrons. The Bertz CT molecular complexity index is 105. The highest BCUT2D eigenvalue weighted by atomic mass is 14.0. The lowest BCUT2D eigenvalue weighted by Crippen LogP contribution is -1.85. The molecule has 0 saturated heterocycles. The zero-order valence-corrected chi connectivity index (χ0v) is 4.65. The fraction of sp³-hybridized carbons (Fsp3) is 0.571. The number of hydrogen-bond donors (Lipinski definition) is 0. The highest BCUT2D eigenvalue weighted by molar-refractivity contribution is 4.99. The van der Waals surface area contributed by atoms with Crippen molar-refractivity contribution < 1.29 is 0 Å². The fourth-order valence-corrected chi connectivity index (χ4v) is 0.776. The van der Waals surface area contributed by atoms with Crippen molar-refractivity contribution in [1.82, 2.24) is 0 Å². The lowest BCUT2D eigenvalue weighted by atomic mass is 10.1. The maximum atomic E-state index is 3.07. The predicted molar refractivity (Wildman–Crippen MR) is 31.1 cm³/mol. The van der Waals surface area contributed by atoms with Crippen LogP contribution in [-0.4, -0.2) is 0 Å². The molecule has 1 aliphatic rings. The normalized spacial score (nSPS) is 26.7. The lowest BCUT2D eigenvalue weighted by Gasteiger charge is -1.96. The smallest absolute Gasteiger partial charge is 0.0120 e. The first-order chi connectivity index (χ1) is 3.43. The van der Waals surface area contributed by atoms with Crippen LogP contribution in [0.5, 0.6) is 0 Å². The van der Waals surface area contributed by atoms with Crippen molar-refractivity contribution in [2.75, 3.05) is 0 Å². The molecule has 0 fully saturated rings. The predicted octanol–water partition coefficient (Wildman–Crippen LogP) is 2.13. The Balaban J connectivity index is 2.37. The van der Waals surface area contributed by atoms with E-state index in [4.69, 9.17) is 0 Å². The van der Waals surface area contributed by atoms with Gasteiger partial charge in [-0.25, -0.2) is 0 Å². The summed E-state index contributed by atoms with van der Waals surface area (Å²) in [7, 11) is 0. The van der Waals surface area contributed by atoms with Crippen LogP contribution >= 0.6 is 0 Å². The van der Waals surface area contributed by atoms with Crippen LogP contribution in [-0.2, 0) is 0 Å². The number of rotatable bonds is 1. The first-order valence-electron chi connectivity index (χ1n) is 2.84. The van der Waals surface area contributed by atoms with Crippen molar-refractivity contribution in [2.24, 2.45) is 5.92 Å². The maximum absolute atomic E-state index is 3.07. The zero-order chi connectivity index (χ0) is 5.11. The monoisotopic (exact) mass is 94.1 g/mol. The summed E-state index contributed by atoms with van der Waals surface area (Å²) in [5.74, 6) is 0.806. The Kier molecular flexibility index (Phi) is 1.33. The number of allylic oxidation sites excluding steroid dienone is 1. The van der Waals surface area contributed by atoms with Gasteiger partial charge in [0.1, 0.15) is 0 Å². The van der Waals surface area contributed by atoms with Gasteiger partial charge in [-0.3, -0.25) is 0 Å². The van der Waals surface area contributed by atoms with Crippen molar-refractivity contribution in [2.45, 2.75) is 19.8 Å². The molecule has 7 heavy (non-hydrogen) atoms. The molecule has 0 aromatic rings. The zero-order valence-electron chi connectivity index (χ0n) is 4.65. The molecule has 1 unspecified atom stereocenters. The van der Waals surface area contributed by atoms with E-state index in [1.165, 1.54) is 12.8 Å². The fourth-order valence-electron chi connectivity index (χ4n) is 0.776. The molecular weight excluding hydrogens is 84.1 g/mol. The van der Waals surface area contributed by atoms with Crippen molar-refractivity contribution in [1.29, 1.82) is 0 Å². The molecule has 0 radical (unpaired) electrons. The first-order valence-corrected chi connectivity index (χ1v) is 2.84. The maximum Gasteiger partial charge on any atom is -0.0120 e. The molecular formula is C7H10. The van der Waals surface area contributed by atoms with E-state index < -0.39 is 0 Å². The highest BCUT2D eigenvalue weighted by Gasteiger charge is 2.00. The summed E-state index contributed by atoms with van der Waals surface area (Å²) < 4.78 is 0. The van der Waals surface area contributed by atoms with Crippen LogP contribution < -0.4 is 0 Å². The second-order valence-corrected chi connectivity index (χ2v) is 1.94. The molecule has 0 aromatic carbocycles. The Morgan fingerprint density at radius 3 is 3.00 bits per heavy atom. The summed E-state index contributed by atoms with van der Waals surface area (Å²) in [6.07, 6.45) is 6.74. The highest BCUT2D eigenvalue weighted by Crippen LogP contribution is 2.13. The summed E-state index contributed by atoms with van der Waals surface area (Å²) in [6.45, 7) is 2.21. The summed E-state index contributed by atoms with van der Waals surface area (Å²) in [4.78, 5) is 0. The molecule has 0 aromatic heterocycles. The molecule has 1 atom stereocenters. The van der Waals surface area contributed by atoms with Crippen LogP contribution in [0, 0.1) is 5.92 Å². The van der Waals surface area contributed by atoms with Gasteiger partial charge >= 0.3 is 0 Å². The Labute approximate surface area is 44.5 Å². The van der Waals surface area contributed by atoms with E-state index in [0.29, 0.717) is 0 Å². The van der Waals surface area contributed by atoms with Gasteiger partial charge in [0, 0.05) is 0 Å². The van der Waals surface area contributed by atoms with Gasteiger partial charge in [0.05, 0.1) is 0 Å². The second kappa shape index (κ2) is 1.99. The molecule has 0 spiro atoms. The van der Waals surface area contributed by atoms with Crippen LogP contribution in [0.2, 0.25) is 0 Å². The van der Waals surface area contributed by atoms with Gasteiger partial charge < -0.3 is 0 Å². The van der Waals surface area contributed by atoms with Gasteiger partial charge in [-0.05, 0) is 30.9 Å². The Morgan fingerprint density at radius 2 is 2.71 bits per heavy atom. The molecule has 0 nitrogen and oxygen atoms in total. The van der Waals surface area contributed by atoms with Gasteiger partial charge in [0.2, 0.25) is 0 Å². The molecule has 0 aliphatic heterocycles. The average molecular weight is 94.2 g/mol. The van der Waals surface area contributed by atoms with Crippen molar-refractivity contribution in [3.63, 3.8) is 0 Å². The van der Waals surface area contributed by atoms with Gasteiger partial charge in [0.15, 0.2) is 0 Å². The largest absolute Gasteiger partial charge is 0.129 e. The van der Waals surface area contributed by atoms with Crippen molar-refractivity contribution in [3.05, 3.63) is 17.9 Å². The average Bonchev–Trinajstić information content (AvgIpc) is 2.14. The third kappa shape index (κ3) is 0.942. The van der Waals surface area contributed by atoms with E-state index in [2.05, 4.69) is 24.8 Å². The topological polar surface area (TPSA) is 0 Å². The summed E-state index contributed by atoms with van der Waals surface area (Å²) >= 11 is 0. The molecule has 0 heteroatoms. The Hall–Kier alpha value is -0.480. The summed E-state index contributed by atoms with van der Waals surface area (Å²) in [5.41, 5.74) is 3.07. The van der Waals surface area contributed by atoms with Crippen molar-refractivity contribution in [3.8, 4) is 0 Å². The van der Waals surface area contributed by atoms with Gasteiger partial charge in [-0.15, -0.1) is 5.73 Å². The molecule has 0 heterocycles. The molecule has 0 amide bonds. The standard InChI is InChI=1S/C7H10/c1-2-7-5-3-4-6-7/h3,6-7H,2,5H2,1H3. The molecule has 1 rings (SSSR count). The number of hydrogen-bond acceptors (Lipinski definition) is 0. The van der Waals surface area contributed by atoms with Crippen LogP contribution in [0.1, 0.15) is 19.8 Å². The van der Waals surface area contributed by atoms with E-state index in [1.54, 1.807) is 0 Å². The van der Waals surface area contributed by atoms with Crippen molar-refractivity contribution >= 4 is 0 Å². The SMILES string of the molecule is CCC1C=C=CC1. The minimum Gasteiger partial charge on any atom is -0.129 e. The third-order valence-corrected chi connectivity index (χ3v) is 1.39. The molecule has 0 saturated carbocycles. The molecule has 0 N–H and O–H groups in total. The lowest BCUT2D eigenvalue weighted by molar-refractivity contribution is 0.653. The van der Waals surface area contributed by atoms with Crippen LogP contribution in [0.15, 0.2) is 17.9 Å². The van der Waals surface area contributed by atoms with E-state index >= 15 is 0 Å². The quantitative estimate of drug-likeness (QED) is 0.437.